The third kappa shape index (κ3) is 4.20. The highest BCUT2D eigenvalue weighted by Crippen LogP contribution is 2.45. The molecule has 7 aromatic rings. The van der Waals surface area contributed by atoms with Crippen LogP contribution < -0.4 is 15.4 Å². The lowest BCUT2D eigenvalue weighted by molar-refractivity contribution is 0.228. The zero-order valence-corrected chi connectivity index (χ0v) is 25.8. The zero-order chi connectivity index (χ0) is 30.9. The molecular weight excluding hydrogens is 572 g/mol. The largest absolute Gasteiger partial charge is 0.465 e. The van der Waals surface area contributed by atoms with Crippen LogP contribution in [0.3, 0.4) is 0 Å². The average molecular weight is 605 g/mol. The molecule has 0 saturated carbocycles. The van der Waals surface area contributed by atoms with E-state index in [2.05, 4.69) is 144 Å². The maximum absolute atomic E-state index is 6.64. The molecule has 0 bridgehead atoms. The Kier molecular flexibility index (Phi) is 5.83. The Morgan fingerprint density at radius 1 is 0.574 bits per heavy atom. The number of benzene rings is 7. The van der Waals surface area contributed by atoms with Gasteiger partial charge in [0.25, 0.3) is 0 Å². The lowest BCUT2D eigenvalue weighted by Crippen LogP contribution is -2.42. The van der Waals surface area contributed by atoms with Crippen molar-refractivity contribution in [3.05, 3.63) is 157 Å². The van der Waals surface area contributed by atoms with Crippen LogP contribution in [0.25, 0.3) is 65.7 Å². The first-order valence-electron chi connectivity index (χ1n) is 16.5. The molecule has 3 heteroatoms. The van der Waals surface area contributed by atoms with Gasteiger partial charge in [0.05, 0.1) is 5.69 Å². The summed E-state index contributed by atoms with van der Waals surface area (Å²) in [6, 6.07) is 45.0. The summed E-state index contributed by atoms with van der Waals surface area (Å²) < 4.78 is 6.64. The summed E-state index contributed by atoms with van der Waals surface area (Å²) in [5, 5.41) is 14.4. The minimum Gasteiger partial charge on any atom is -0.465 e. The zero-order valence-electron chi connectivity index (χ0n) is 25.8. The maximum Gasteiger partial charge on any atom is 0.194 e. The van der Waals surface area contributed by atoms with E-state index in [4.69, 9.17) is 4.74 Å². The minimum atomic E-state index is -0.174. The number of fused-ring (bicyclic) bond motifs is 10. The van der Waals surface area contributed by atoms with Gasteiger partial charge in [0, 0.05) is 5.39 Å². The van der Waals surface area contributed by atoms with Crippen molar-refractivity contribution in [2.24, 2.45) is 0 Å². The SMILES string of the molecule is C1=CNC(C2Nc3ccc4ccc5ccc(-c6cccc(-c7cc8c(c9ccccc79)-c7ccccc7CC8)c6)cc5c4c3O2)C=C1. The van der Waals surface area contributed by atoms with Crippen molar-refractivity contribution in [3.8, 4) is 39.1 Å². The van der Waals surface area contributed by atoms with Crippen LogP contribution >= 0.6 is 0 Å². The normalized spacial score (nSPS) is 17.5. The van der Waals surface area contributed by atoms with Crippen LogP contribution in [0.15, 0.2) is 146 Å². The van der Waals surface area contributed by atoms with E-state index in [0.29, 0.717) is 0 Å². The summed E-state index contributed by atoms with van der Waals surface area (Å²) in [7, 11) is 0. The monoisotopic (exact) mass is 604 g/mol. The van der Waals surface area contributed by atoms with Crippen molar-refractivity contribution in [2.45, 2.75) is 25.1 Å². The van der Waals surface area contributed by atoms with Gasteiger partial charge in [-0.1, -0.05) is 109 Å². The summed E-state index contributed by atoms with van der Waals surface area (Å²) in [5.74, 6) is 0.927. The van der Waals surface area contributed by atoms with Gasteiger partial charge < -0.3 is 15.4 Å². The third-order valence-electron chi connectivity index (χ3n) is 10.2. The van der Waals surface area contributed by atoms with E-state index in [1.54, 1.807) is 0 Å². The second-order valence-electron chi connectivity index (χ2n) is 12.9. The Bertz CT molecular complexity index is 2470. The lowest BCUT2D eigenvalue weighted by atomic mass is 9.80. The van der Waals surface area contributed by atoms with Crippen LogP contribution in [-0.2, 0) is 12.8 Å². The minimum absolute atomic E-state index is 0.0603. The van der Waals surface area contributed by atoms with E-state index in [0.717, 1.165) is 29.7 Å². The summed E-state index contributed by atoms with van der Waals surface area (Å²) in [5.41, 5.74) is 11.7. The number of dihydropyridines is 1. The molecule has 2 unspecified atom stereocenters. The fourth-order valence-corrected chi connectivity index (χ4v) is 7.96. The number of nitrogens with one attached hydrogen (secondary N) is 2. The number of hydrogen-bond donors (Lipinski definition) is 2. The molecule has 2 aliphatic heterocycles. The number of aryl methyl sites for hydroxylation is 2. The summed E-state index contributed by atoms with van der Waals surface area (Å²) in [4.78, 5) is 0. The quantitative estimate of drug-likeness (QED) is 0.197. The average Bonchev–Trinajstić information content (AvgIpc) is 3.59. The third-order valence-corrected chi connectivity index (χ3v) is 10.2. The first-order valence-corrected chi connectivity index (χ1v) is 16.5. The van der Waals surface area contributed by atoms with E-state index >= 15 is 0 Å². The number of hydrogen-bond acceptors (Lipinski definition) is 3. The molecule has 0 radical (unpaired) electrons. The molecule has 0 fully saturated rings. The van der Waals surface area contributed by atoms with Gasteiger partial charge in [-0.15, -0.1) is 0 Å². The topological polar surface area (TPSA) is 33.3 Å². The molecule has 1 aliphatic carbocycles. The molecule has 3 nitrogen and oxygen atoms in total. The van der Waals surface area contributed by atoms with Crippen molar-refractivity contribution in [1.82, 2.24) is 5.32 Å². The second-order valence-corrected chi connectivity index (χ2v) is 12.9. The summed E-state index contributed by atoms with van der Waals surface area (Å²) in [6.07, 6.45) is 10.2. The fraction of sp³-hybridized carbons (Fsp3) is 0.0909. The molecule has 7 aromatic carbocycles. The Morgan fingerprint density at radius 2 is 1.36 bits per heavy atom. The number of allylic oxidation sites excluding steroid dienone is 2. The first kappa shape index (κ1) is 26.4. The van der Waals surface area contributed by atoms with Crippen molar-refractivity contribution in [2.75, 3.05) is 5.32 Å². The van der Waals surface area contributed by atoms with Crippen LogP contribution in [-0.4, -0.2) is 12.3 Å². The molecule has 224 valence electrons. The van der Waals surface area contributed by atoms with E-state index in [9.17, 15) is 0 Å². The Labute approximate surface area is 273 Å². The van der Waals surface area contributed by atoms with E-state index in [1.807, 2.05) is 12.3 Å². The van der Waals surface area contributed by atoms with Gasteiger partial charge in [-0.2, -0.15) is 0 Å². The maximum atomic E-state index is 6.64. The second kappa shape index (κ2) is 10.4. The lowest BCUT2D eigenvalue weighted by Gasteiger charge is -2.23. The standard InChI is InChI=1S/C44H32N2O/c1-2-11-34-27(8-1)17-20-33-26-37(35-12-3-4-13-36(35)41(33)34)32-10-7-9-30(24-32)31-19-16-28-15-18-29-21-22-39-43(42(29)38(28)25-31)47-44(46-39)40-14-5-6-23-45-40/h1-16,18-19,21-26,40,44-46H,17,20H2. The van der Waals surface area contributed by atoms with Crippen LogP contribution in [0.1, 0.15) is 11.1 Å². The molecule has 0 saturated heterocycles. The molecule has 47 heavy (non-hydrogen) atoms. The molecule has 2 atom stereocenters. The van der Waals surface area contributed by atoms with Crippen LogP contribution in [0.2, 0.25) is 0 Å². The van der Waals surface area contributed by atoms with Gasteiger partial charge in [-0.25, -0.2) is 0 Å². The van der Waals surface area contributed by atoms with Gasteiger partial charge in [-0.3, -0.25) is 0 Å². The first-order chi connectivity index (χ1) is 23.3. The van der Waals surface area contributed by atoms with E-state index in [1.165, 1.54) is 71.4 Å². The molecule has 2 heterocycles. The van der Waals surface area contributed by atoms with Crippen LogP contribution in [0, 0.1) is 0 Å². The Morgan fingerprint density at radius 3 is 2.30 bits per heavy atom. The number of rotatable bonds is 3. The molecule has 10 rings (SSSR count). The van der Waals surface area contributed by atoms with Crippen molar-refractivity contribution >= 4 is 38.0 Å². The summed E-state index contributed by atoms with van der Waals surface area (Å²) >= 11 is 0. The predicted octanol–water partition coefficient (Wildman–Crippen LogP) is 10.4. The fourth-order valence-electron chi connectivity index (χ4n) is 7.96. The molecule has 0 amide bonds. The van der Waals surface area contributed by atoms with Gasteiger partial charge in [0.1, 0.15) is 6.04 Å². The molecule has 0 spiro atoms. The van der Waals surface area contributed by atoms with Gasteiger partial charge >= 0.3 is 0 Å². The molecule has 0 aromatic heterocycles. The smallest absolute Gasteiger partial charge is 0.194 e. The Hall–Kier alpha value is -5.80. The van der Waals surface area contributed by atoms with Crippen LogP contribution in [0.5, 0.6) is 5.75 Å². The molecule has 2 N–H and O–H groups in total. The van der Waals surface area contributed by atoms with Gasteiger partial charge in [0.15, 0.2) is 12.0 Å². The highest BCUT2D eigenvalue weighted by molar-refractivity contribution is 6.14. The van der Waals surface area contributed by atoms with Crippen molar-refractivity contribution in [1.29, 1.82) is 0 Å². The number of ether oxygens (including phenoxy) is 1. The highest BCUT2D eigenvalue weighted by Gasteiger charge is 2.30. The van der Waals surface area contributed by atoms with Crippen molar-refractivity contribution in [3.63, 3.8) is 0 Å². The van der Waals surface area contributed by atoms with Crippen molar-refractivity contribution < 1.29 is 4.74 Å². The van der Waals surface area contributed by atoms with Gasteiger partial charge in [-0.05, 0) is 121 Å². The van der Waals surface area contributed by atoms with Gasteiger partial charge in [0.2, 0.25) is 0 Å². The predicted molar refractivity (Wildman–Crippen MR) is 196 cm³/mol. The van der Waals surface area contributed by atoms with Crippen LogP contribution in [0.4, 0.5) is 5.69 Å². The van der Waals surface area contributed by atoms with E-state index in [-0.39, 0.29) is 12.3 Å². The number of anilines is 1. The Balaban J connectivity index is 1.09. The molecular formula is C44H32N2O. The van der Waals surface area contributed by atoms with E-state index < -0.39 is 0 Å². The molecule has 3 aliphatic rings. The highest BCUT2D eigenvalue weighted by atomic mass is 16.5. The summed E-state index contributed by atoms with van der Waals surface area (Å²) in [6.45, 7) is 0.